The van der Waals surface area contributed by atoms with Gasteiger partial charge in [-0.15, -0.1) is 0 Å². The van der Waals surface area contributed by atoms with Gasteiger partial charge in [0.05, 0.1) is 24.0 Å². The maximum absolute atomic E-state index is 13.7. The molecule has 5 nitrogen and oxygen atoms in total. The topological polar surface area (TPSA) is 69.7 Å². The third-order valence-electron chi connectivity index (χ3n) is 10.2. The number of ether oxygens (including phenoxy) is 2. The molecule has 7 heteroatoms. The van der Waals surface area contributed by atoms with Crippen molar-refractivity contribution in [2.75, 3.05) is 6.61 Å². The first-order chi connectivity index (χ1) is 16.3. The molecule has 0 bridgehead atoms. The van der Waals surface area contributed by atoms with Crippen LogP contribution in [0.5, 0.6) is 5.75 Å². The number of allylic oxidation sites excluding steroid dienone is 2. The van der Waals surface area contributed by atoms with Crippen molar-refractivity contribution < 1.29 is 23.9 Å². The molecule has 3 fully saturated rings. The normalized spacial score (nSPS) is 39.7. The smallest absolute Gasteiger partial charge is 0.315 e. The first-order valence-electron chi connectivity index (χ1n) is 12.4. The van der Waals surface area contributed by atoms with Crippen molar-refractivity contribution in [1.82, 2.24) is 0 Å². The van der Waals surface area contributed by atoms with Crippen molar-refractivity contribution in [3.05, 3.63) is 40.4 Å². The zero-order valence-electron chi connectivity index (χ0n) is 20.7. The van der Waals surface area contributed by atoms with E-state index in [9.17, 15) is 14.4 Å². The molecule has 3 aliphatic carbocycles. The van der Waals surface area contributed by atoms with Crippen molar-refractivity contribution in [3.8, 4) is 5.75 Å². The average molecular weight is 519 g/mol. The molecule has 1 aromatic rings. The summed E-state index contributed by atoms with van der Waals surface area (Å²) in [5.74, 6) is -0.596. The van der Waals surface area contributed by atoms with Crippen LogP contribution in [-0.2, 0) is 19.1 Å². The van der Waals surface area contributed by atoms with Crippen molar-refractivity contribution in [3.63, 3.8) is 0 Å². The molecule has 4 aliphatic rings. The zero-order valence-corrected chi connectivity index (χ0v) is 22.2. The lowest BCUT2D eigenvalue weighted by Gasteiger charge is -2.66. The summed E-state index contributed by atoms with van der Waals surface area (Å²) >= 11 is 12.3. The van der Waals surface area contributed by atoms with E-state index in [1.54, 1.807) is 18.2 Å². The van der Waals surface area contributed by atoms with E-state index in [0.29, 0.717) is 17.9 Å². The van der Waals surface area contributed by atoms with E-state index in [0.717, 1.165) is 12.8 Å². The van der Waals surface area contributed by atoms with Gasteiger partial charge in [0.1, 0.15) is 5.75 Å². The SMILES string of the molecule is CC1(C)C=CC(=O)[C@@]2(C)C1CC[C@]1(C)[C@@H]2CC[C@H](C(=O)Oc2ccc(Cl)cc2Cl)[C@]12COC(=O)C2. The van der Waals surface area contributed by atoms with Crippen molar-refractivity contribution in [2.24, 2.45) is 39.4 Å². The van der Waals surface area contributed by atoms with E-state index in [-0.39, 0.29) is 52.8 Å². The molecule has 1 aromatic carbocycles. The van der Waals surface area contributed by atoms with Crippen molar-refractivity contribution >= 4 is 40.9 Å². The summed E-state index contributed by atoms with van der Waals surface area (Å²) in [6.07, 6.45) is 6.89. The van der Waals surface area contributed by atoms with E-state index < -0.39 is 28.1 Å². The fraction of sp³-hybridized carbons (Fsp3) is 0.607. The highest BCUT2D eigenvalue weighted by Crippen LogP contribution is 2.72. The number of esters is 2. The number of cyclic esters (lactones) is 1. The van der Waals surface area contributed by atoms with Crippen LogP contribution in [-0.4, -0.2) is 24.3 Å². The molecule has 5 rings (SSSR count). The Labute approximate surface area is 216 Å². The number of hydrogen-bond donors (Lipinski definition) is 0. The van der Waals surface area contributed by atoms with Gasteiger partial charge in [0.25, 0.3) is 0 Å². The van der Waals surface area contributed by atoms with Gasteiger partial charge in [-0.3, -0.25) is 14.4 Å². The summed E-state index contributed by atoms with van der Waals surface area (Å²) in [6.45, 7) is 8.87. The van der Waals surface area contributed by atoms with Crippen molar-refractivity contribution in [2.45, 2.75) is 59.8 Å². The molecule has 2 saturated carbocycles. The minimum absolute atomic E-state index is 0.0307. The Morgan fingerprint density at radius 2 is 1.80 bits per heavy atom. The molecule has 0 N–H and O–H groups in total. The summed E-state index contributed by atoms with van der Waals surface area (Å²) in [5.41, 5.74) is -1.83. The van der Waals surface area contributed by atoms with Crippen LogP contribution in [0, 0.1) is 39.4 Å². The number of hydrogen-bond acceptors (Lipinski definition) is 5. The van der Waals surface area contributed by atoms with Crippen molar-refractivity contribution in [1.29, 1.82) is 0 Å². The molecule has 1 unspecified atom stereocenters. The molecular weight excluding hydrogens is 487 g/mol. The summed E-state index contributed by atoms with van der Waals surface area (Å²) in [4.78, 5) is 39.8. The highest BCUT2D eigenvalue weighted by atomic mass is 35.5. The second kappa shape index (κ2) is 8.08. The molecule has 188 valence electrons. The molecule has 35 heavy (non-hydrogen) atoms. The summed E-state index contributed by atoms with van der Waals surface area (Å²) in [5, 5.41) is 0.710. The first-order valence-corrected chi connectivity index (χ1v) is 13.2. The summed E-state index contributed by atoms with van der Waals surface area (Å²) in [6, 6.07) is 4.74. The predicted molar refractivity (Wildman–Crippen MR) is 133 cm³/mol. The Hall–Kier alpha value is -1.85. The minimum Gasteiger partial charge on any atom is -0.465 e. The Balaban J connectivity index is 1.55. The van der Waals surface area contributed by atoms with Gasteiger partial charge < -0.3 is 9.47 Å². The van der Waals surface area contributed by atoms with Gasteiger partial charge in [-0.25, -0.2) is 0 Å². The number of fused-ring (bicyclic) bond motifs is 4. The maximum Gasteiger partial charge on any atom is 0.315 e. The Morgan fingerprint density at radius 1 is 1.06 bits per heavy atom. The van der Waals surface area contributed by atoms with Crippen LogP contribution >= 0.6 is 23.2 Å². The quantitative estimate of drug-likeness (QED) is 0.332. The molecular formula is C28H32Cl2O5. The zero-order chi connectivity index (χ0) is 25.4. The lowest BCUT2D eigenvalue weighted by Crippen LogP contribution is -2.66. The van der Waals surface area contributed by atoms with Crippen LogP contribution in [0.25, 0.3) is 0 Å². The van der Waals surface area contributed by atoms with Gasteiger partial charge in [0, 0.05) is 15.9 Å². The molecule has 1 aliphatic heterocycles. The second-order valence-corrected chi connectivity index (χ2v) is 12.8. The van der Waals surface area contributed by atoms with E-state index in [1.165, 1.54) is 6.07 Å². The number of ketones is 1. The van der Waals surface area contributed by atoms with Gasteiger partial charge >= 0.3 is 11.9 Å². The van der Waals surface area contributed by atoms with Crippen LogP contribution in [0.15, 0.2) is 30.4 Å². The number of carbonyl (C=O) groups is 3. The summed E-state index contributed by atoms with van der Waals surface area (Å²) in [7, 11) is 0. The third-order valence-corrected chi connectivity index (χ3v) is 10.7. The fourth-order valence-electron chi connectivity index (χ4n) is 8.36. The number of halogens is 2. The predicted octanol–water partition coefficient (Wildman–Crippen LogP) is 6.45. The molecule has 1 heterocycles. The second-order valence-electron chi connectivity index (χ2n) is 12.0. The summed E-state index contributed by atoms with van der Waals surface area (Å²) < 4.78 is 11.4. The fourth-order valence-corrected chi connectivity index (χ4v) is 8.81. The van der Waals surface area contributed by atoms with Gasteiger partial charge in [0.2, 0.25) is 0 Å². The first kappa shape index (κ1) is 24.8. The standard InChI is InChI=1S/C28H32Cl2O5/c1-25(2)11-10-22(31)27(4)20(25)9-12-26(3)21(27)8-6-17(28(26)14-23(32)34-15-28)24(33)35-19-7-5-16(29)13-18(19)30/h5,7,10-11,13,17,20-21H,6,8-9,12,14-15H2,1-4H3/t17-,20?,21+,26-,27+,28+/m1/s1. The maximum atomic E-state index is 13.7. The van der Waals surface area contributed by atoms with Crippen LogP contribution < -0.4 is 4.74 Å². The lowest BCUT2D eigenvalue weighted by atomic mass is 9.35. The van der Waals surface area contributed by atoms with E-state index in [1.807, 2.05) is 0 Å². The van der Waals surface area contributed by atoms with Gasteiger partial charge in [0.15, 0.2) is 5.78 Å². The van der Waals surface area contributed by atoms with Gasteiger partial charge in [-0.1, -0.05) is 57.0 Å². The van der Waals surface area contributed by atoms with Crippen LogP contribution in [0.2, 0.25) is 10.0 Å². The Morgan fingerprint density at radius 3 is 2.46 bits per heavy atom. The van der Waals surface area contributed by atoms with Gasteiger partial charge in [-0.2, -0.15) is 0 Å². The molecule has 1 saturated heterocycles. The van der Waals surface area contributed by atoms with E-state index in [4.69, 9.17) is 32.7 Å². The van der Waals surface area contributed by atoms with E-state index in [2.05, 4.69) is 33.8 Å². The molecule has 1 spiro atoms. The number of rotatable bonds is 2. The highest BCUT2D eigenvalue weighted by molar-refractivity contribution is 6.35. The van der Waals surface area contributed by atoms with Crippen LogP contribution in [0.4, 0.5) is 0 Å². The Bertz CT molecular complexity index is 1140. The number of carbonyl (C=O) groups excluding carboxylic acids is 3. The minimum atomic E-state index is -0.734. The van der Waals surface area contributed by atoms with Crippen LogP contribution in [0.1, 0.15) is 59.8 Å². The molecule has 0 radical (unpaired) electrons. The average Bonchev–Trinajstić information content (AvgIpc) is 3.17. The van der Waals surface area contributed by atoms with Gasteiger partial charge in [-0.05, 0) is 72.6 Å². The lowest BCUT2D eigenvalue weighted by molar-refractivity contribution is -0.202. The van der Waals surface area contributed by atoms with Crippen LogP contribution in [0.3, 0.4) is 0 Å². The number of benzene rings is 1. The molecule has 0 aromatic heterocycles. The Kier molecular flexibility index (Phi) is 5.73. The monoisotopic (exact) mass is 518 g/mol. The van der Waals surface area contributed by atoms with E-state index >= 15 is 0 Å². The molecule has 6 atom stereocenters. The highest BCUT2D eigenvalue weighted by Gasteiger charge is 2.71. The largest absolute Gasteiger partial charge is 0.465 e. The third kappa shape index (κ3) is 3.44. The molecule has 0 amide bonds.